The zero-order valence-electron chi connectivity index (χ0n) is 7.53. The van der Waals surface area contributed by atoms with Crippen molar-refractivity contribution in [3.63, 3.8) is 0 Å². The molecule has 2 N–H and O–H groups in total. The quantitative estimate of drug-likeness (QED) is 0.614. The third-order valence-corrected chi connectivity index (χ3v) is 1.59. The number of rotatable bonds is 0. The number of nitrogens with zero attached hydrogens (tertiary/aromatic N) is 2. The Kier molecular flexibility index (Phi) is 1.92. The van der Waals surface area contributed by atoms with E-state index in [1.807, 2.05) is 20.8 Å². The molecule has 0 aliphatic carbocycles. The highest BCUT2D eigenvalue weighted by Gasteiger charge is 2.14. The second-order valence-electron chi connectivity index (χ2n) is 3.66. The average Bonchev–Trinajstić information content (AvgIpc) is 1.92. The van der Waals surface area contributed by atoms with Gasteiger partial charge in [-0.1, -0.05) is 0 Å². The van der Waals surface area contributed by atoms with Crippen LogP contribution in [-0.4, -0.2) is 9.55 Å². The molecule has 0 spiro atoms. The lowest BCUT2D eigenvalue weighted by Crippen LogP contribution is -2.34. The van der Waals surface area contributed by atoms with Gasteiger partial charge in [-0.05, 0) is 20.8 Å². The lowest BCUT2D eigenvalue weighted by molar-refractivity contribution is 0.383. The molecule has 0 saturated carbocycles. The van der Waals surface area contributed by atoms with Crippen LogP contribution in [-0.2, 0) is 5.54 Å². The summed E-state index contributed by atoms with van der Waals surface area (Å²) >= 11 is 0. The zero-order valence-corrected chi connectivity index (χ0v) is 7.53. The average molecular weight is 167 g/mol. The first-order chi connectivity index (χ1) is 5.43. The van der Waals surface area contributed by atoms with Crippen LogP contribution < -0.4 is 11.3 Å². The Bertz CT molecular complexity index is 335. The monoisotopic (exact) mass is 167 g/mol. The molecule has 4 nitrogen and oxygen atoms in total. The first-order valence-corrected chi connectivity index (χ1v) is 3.76. The fourth-order valence-corrected chi connectivity index (χ4v) is 0.955. The van der Waals surface area contributed by atoms with Crippen molar-refractivity contribution >= 4 is 5.82 Å². The molecule has 0 bridgehead atoms. The van der Waals surface area contributed by atoms with Crippen molar-refractivity contribution in [3.8, 4) is 0 Å². The summed E-state index contributed by atoms with van der Waals surface area (Å²) in [6, 6.07) is 0. The highest BCUT2D eigenvalue weighted by Crippen LogP contribution is 2.09. The number of nitrogens with two attached hydrogens (primary N) is 1. The SMILES string of the molecule is CC(C)(C)n1ccnc(N)c1=O. The minimum atomic E-state index is -0.242. The predicted octanol–water partition coefficient (Wildman–Crippen LogP) is 0.581. The normalized spacial score (nSPS) is 11.6. The Labute approximate surface area is 71.0 Å². The van der Waals surface area contributed by atoms with Gasteiger partial charge in [0.05, 0.1) is 0 Å². The van der Waals surface area contributed by atoms with Crippen molar-refractivity contribution in [1.82, 2.24) is 9.55 Å². The van der Waals surface area contributed by atoms with Gasteiger partial charge in [0.15, 0.2) is 5.82 Å². The molecule has 0 aromatic carbocycles. The Morgan fingerprint density at radius 1 is 1.50 bits per heavy atom. The summed E-state index contributed by atoms with van der Waals surface area (Å²) in [5.41, 5.74) is 4.90. The van der Waals surface area contributed by atoms with Crippen LogP contribution in [0.3, 0.4) is 0 Å². The van der Waals surface area contributed by atoms with Crippen molar-refractivity contribution in [2.45, 2.75) is 26.3 Å². The van der Waals surface area contributed by atoms with Gasteiger partial charge < -0.3 is 10.3 Å². The number of hydrogen-bond acceptors (Lipinski definition) is 3. The zero-order chi connectivity index (χ0) is 9.35. The van der Waals surface area contributed by atoms with Crippen molar-refractivity contribution in [3.05, 3.63) is 22.7 Å². The van der Waals surface area contributed by atoms with E-state index in [4.69, 9.17) is 5.73 Å². The molecule has 12 heavy (non-hydrogen) atoms. The van der Waals surface area contributed by atoms with Crippen LogP contribution in [0, 0.1) is 0 Å². The van der Waals surface area contributed by atoms with Crippen molar-refractivity contribution < 1.29 is 0 Å². The van der Waals surface area contributed by atoms with Gasteiger partial charge in [-0.3, -0.25) is 4.79 Å². The van der Waals surface area contributed by atoms with Crippen LogP contribution in [0.15, 0.2) is 17.2 Å². The summed E-state index contributed by atoms with van der Waals surface area (Å²) in [6.45, 7) is 5.82. The van der Waals surface area contributed by atoms with E-state index in [0.717, 1.165) is 0 Å². The maximum Gasteiger partial charge on any atom is 0.293 e. The van der Waals surface area contributed by atoms with Crippen LogP contribution in [0.4, 0.5) is 5.82 Å². The molecule has 1 rings (SSSR count). The summed E-state index contributed by atoms with van der Waals surface area (Å²) in [6.07, 6.45) is 3.17. The largest absolute Gasteiger partial charge is 0.379 e. The van der Waals surface area contributed by atoms with Gasteiger partial charge in [0.2, 0.25) is 0 Å². The molecule has 0 saturated heterocycles. The predicted molar refractivity (Wildman–Crippen MR) is 47.9 cm³/mol. The molecule has 4 heteroatoms. The van der Waals surface area contributed by atoms with Crippen LogP contribution in [0.25, 0.3) is 0 Å². The van der Waals surface area contributed by atoms with E-state index < -0.39 is 0 Å². The van der Waals surface area contributed by atoms with Gasteiger partial charge in [0, 0.05) is 17.9 Å². The van der Waals surface area contributed by atoms with Crippen molar-refractivity contribution in [2.75, 3.05) is 5.73 Å². The molecule has 0 atom stereocenters. The van der Waals surface area contributed by atoms with Crippen molar-refractivity contribution in [1.29, 1.82) is 0 Å². The van der Waals surface area contributed by atoms with Gasteiger partial charge in [-0.25, -0.2) is 4.98 Å². The molecule has 66 valence electrons. The standard InChI is InChI=1S/C8H13N3O/c1-8(2,3)11-5-4-10-6(9)7(11)12/h4-5H,1-3H3,(H2,9,10). The second kappa shape index (κ2) is 2.62. The van der Waals surface area contributed by atoms with Crippen LogP contribution in [0.2, 0.25) is 0 Å². The minimum Gasteiger partial charge on any atom is -0.379 e. The van der Waals surface area contributed by atoms with Gasteiger partial charge in [0.1, 0.15) is 0 Å². The lowest BCUT2D eigenvalue weighted by Gasteiger charge is -2.21. The fourth-order valence-electron chi connectivity index (χ4n) is 0.955. The number of nitrogen functional groups attached to an aromatic ring is 1. The number of hydrogen-bond donors (Lipinski definition) is 1. The molecule has 0 aliphatic heterocycles. The molecule has 1 heterocycles. The Balaban J connectivity index is 3.37. The van der Waals surface area contributed by atoms with E-state index in [1.165, 1.54) is 6.20 Å². The van der Waals surface area contributed by atoms with Crippen LogP contribution in [0.5, 0.6) is 0 Å². The summed E-state index contributed by atoms with van der Waals surface area (Å²) in [7, 11) is 0. The molecule has 0 aliphatic rings. The first kappa shape index (κ1) is 8.77. The molecule has 1 aromatic rings. The maximum atomic E-state index is 11.4. The summed E-state index contributed by atoms with van der Waals surface area (Å²) in [5, 5.41) is 0. The highest BCUT2D eigenvalue weighted by atomic mass is 16.1. The van der Waals surface area contributed by atoms with Crippen molar-refractivity contribution in [2.24, 2.45) is 0 Å². The van der Waals surface area contributed by atoms with Gasteiger partial charge in [0.25, 0.3) is 5.56 Å². The molecule has 0 fully saturated rings. The third-order valence-electron chi connectivity index (χ3n) is 1.59. The van der Waals surface area contributed by atoms with Gasteiger partial charge in [-0.15, -0.1) is 0 Å². The number of aromatic nitrogens is 2. The minimum absolute atomic E-state index is 0.0485. The van der Waals surface area contributed by atoms with E-state index >= 15 is 0 Å². The van der Waals surface area contributed by atoms with Gasteiger partial charge in [-0.2, -0.15) is 0 Å². The maximum absolute atomic E-state index is 11.4. The van der Waals surface area contributed by atoms with E-state index in [1.54, 1.807) is 10.8 Å². The molecule has 0 amide bonds. The van der Waals surface area contributed by atoms with E-state index in [0.29, 0.717) is 0 Å². The number of anilines is 1. The van der Waals surface area contributed by atoms with Crippen LogP contribution >= 0.6 is 0 Å². The van der Waals surface area contributed by atoms with Gasteiger partial charge >= 0.3 is 0 Å². The highest BCUT2D eigenvalue weighted by molar-refractivity contribution is 5.22. The van der Waals surface area contributed by atoms with E-state index in [-0.39, 0.29) is 16.9 Å². The first-order valence-electron chi connectivity index (χ1n) is 3.76. The fraction of sp³-hybridized carbons (Fsp3) is 0.500. The molecule has 1 aromatic heterocycles. The summed E-state index contributed by atoms with van der Waals surface area (Å²) < 4.78 is 1.56. The Morgan fingerprint density at radius 2 is 2.08 bits per heavy atom. The molecule has 0 radical (unpaired) electrons. The summed E-state index contributed by atoms with van der Waals surface area (Å²) in [5.74, 6) is 0.0485. The topological polar surface area (TPSA) is 60.9 Å². The smallest absolute Gasteiger partial charge is 0.293 e. The molecular weight excluding hydrogens is 154 g/mol. The molecular formula is C8H13N3O. The third kappa shape index (κ3) is 1.47. The second-order valence-corrected chi connectivity index (χ2v) is 3.66. The Morgan fingerprint density at radius 3 is 2.50 bits per heavy atom. The van der Waals surface area contributed by atoms with Crippen LogP contribution in [0.1, 0.15) is 20.8 Å². The van der Waals surface area contributed by atoms with E-state index in [2.05, 4.69) is 4.98 Å². The van der Waals surface area contributed by atoms with E-state index in [9.17, 15) is 4.79 Å². The lowest BCUT2D eigenvalue weighted by atomic mass is 10.1. The summed E-state index contributed by atoms with van der Waals surface area (Å²) in [4.78, 5) is 15.1. The molecule has 0 unspecified atom stereocenters. The Hall–Kier alpha value is -1.32.